The third-order valence-electron chi connectivity index (χ3n) is 3.12. The molecule has 1 aromatic rings. The zero-order chi connectivity index (χ0) is 15.7. The summed E-state index contributed by atoms with van der Waals surface area (Å²) in [5, 5.41) is 0. The molecule has 0 heterocycles. The Balaban J connectivity index is 3.07. The molecule has 1 atom stereocenters. The summed E-state index contributed by atoms with van der Waals surface area (Å²) >= 11 is 0. The number of rotatable bonds is 9. The fourth-order valence-electron chi connectivity index (χ4n) is 2.24. The van der Waals surface area contributed by atoms with E-state index in [1.165, 1.54) is 0 Å². The van der Waals surface area contributed by atoms with E-state index in [2.05, 4.69) is 6.92 Å². The van der Waals surface area contributed by atoms with Gasteiger partial charge in [0.25, 0.3) is 0 Å². The van der Waals surface area contributed by atoms with Crippen LogP contribution < -0.4 is 9.47 Å². The lowest BCUT2D eigenvalue weighted by molar-refractivity contribution is -0.145. The average Bonchev–Trinajstić information content (AvgIpc) is 2.47. The minimum Gasteiger partial charge on any atom is -0.490 e. The highest BCUT2D eigenvalue weighted by molar-refractivity contribution is 5.78. The molecular weight excluding hydrogens is 268 g/mol. The lowest BCUT2D eigenvalue weighted by Crippen LogP contribution is -2.16. The van der Waals surface area contributed by atoms with Crippen LogP contribution in [0.4, 0.5) is 0 Å². The molecule has 0 bridgehead atoms. The zero-order valence-electron chi connectivity index (χ0n) is 13.5. The molecule has 0 aliphatic heterocycles. The Hall–Kier alpha value is -1.71. The molecule has 0 saturated carbocycles. The van der Waals surface area contributed by atoms with Gasteiger partial charge in [-0.05, 0) is 44.9 Å². The number of benzene rings is 1. The van der Waals surface area contributed by atoms with Crippen LogP contribution in [-0.2, 0) is 9.53 Å². The van der Waals surface area contributed by atoms with Crippen molar-refractivity contribution in [2.45, 2.75) is 46.5 Å². The fraction of sp³-hybridized carbons (Fsp3) is 0.588. The van der Waals surface area contributed by atoms with Crippen LogP contribution in [0.2, 0.25) is 0 Å². The molecule has 4 heteroatoms. The van der Waals surface area contributed by atoms with Gasteiger partial charge >= 0.3 is 5.97 Å². The molecule has 0 radical (unpaired) electrons. The predicted octanol–water partition coefficient (Wildman–Crippen LogP) is 3.93. The Labute approximate surface area is 127 Å². The third-order valence-corrected chi connectivity index (χ3v) is 3.12. The summed E-state index contributed by atoms with van der Waals surface area (Å²) in [6.45, 7) is 9.28. The second-order valence-electron chi connectivity index (χ2n) is 4.67. The van der Waals surface area contributed by atoms with Crippen LogP contribution in [0.25, 0.3) is 0 Å². The first-order valence-corrected chi connectivity index (χ1v) is 7.73. The molecule has 21 heavy (non-hydrogen) atoms. The van der Waals surface area contributed by atoms with Crippen molar-refractivity contribution in [1.82, 2.24) is 0 Å². The van der Waals surface area contributed by atoms with Gasteiger partial charge in [-0.3, -0.25) is 4.79 Å². The van der Waals surface area contributed by atoms with Crippen molar-refractivity contribution >= 4 is 5.97 Å². The molecule has 1 rings (SSSR count). The summed E-state index contributed by atoms with van der Waals surface area (Å²) in [6, 6.07) is 5.68. The van der Waals surface area contributed by atoms with E-state index >= 15 is 0 Å². The Morgan fingerprint density at radius 1 is 1.00 bits per heavy atom. The fourth-order valence-corrected chi connectivity index (χ4v) is 2.24. The van der Waals surface area contributed by atoms with Gasteiger partial charge in [-0.2, -0.15) is 0 Å². The second kappa shape index (κ2) is 9.27. The number of ether oxygens (including phenoxy) is 3. The highest BCUT2D eigenvalue weighted by Crippen LogP contribution is 2.33. The maximum Gasteiger partial charge on any atom is 0.313 e. The molecule has 1 unspecified atom stereocenters. The molecule has 0 fully saturated rings. The van der Waals surface area contributed by atoms with E-state index in [0.29, 0.717) is 31.3 Å². The summed E-state index contributed by atoms with van der Waals surface area (Å²) in [6.07, 6.45) is 1.68. The van der Waals surface area contributed by atoms with Crippen LogP contribution in [0.5, 0.6) is 11.5 Å². The van der Waals surface area contributed by atoms with Crippen molar-refractivity contribution < 1.29 is 19.0 Å². The Bertz CT molecular complexity index is 442. The van der Waals surface area contributed by atoms with Crippen molar-refractivity contribution in [3.05, 3.63) is 23.8 Å². The topological polar surface area (TPSA) is 44.8 Å². The van der Waals surface area contributed by atoms with Gasteiger partial charge in [-0.1, -0.05) is 19.4 Å². The first kappa shape index (κ1) is 17.3. The van der Waals surface area contributed by atoms with Crippen molar-refractivity contribution in [2.75, 3.05) is 19.8 Å². The minimum atomic E-state index is -0.246. The summed E-state index contributed by atoms with van der Waals surface area (Å²) < 4.78 is 16.3. The lowest BCUT2D eigenvalue weighted by Gasteiger charge is -2.18. The van der Waals surface area contributed by atoms with Gasteiger partial charge in [-0.25, -0.2) is 0 Å². The molecule has 0 N–H and O–H groups in total. The summed E-state index contributed by atoms with van der Waals surface area (Å²) in [5.74, 6) is 0.972. The smallest absolute Gasteiger partial charge is 0.313 e. The van der Waals surface area contributed by atoms with Crippen LogP contribution in [0, 0.1) is 0 Å². The number of carbonyl (C=O) groups is 1. The Morgan fingerprint density at radius 3 is 2.24 bits per heavy atom. The minimum absolute atomic E-state index is 0.175. The first-order chi connectivity index (χ1) is 10.2. The van der Waals surface area contributed by atoms with E-state index < -0.39 is 0 Å². The van der Waals surface area contributed by atoms with E-state index in [-0.39, 0.29) is 11.9 Å². The molecular formula is C17H26O4. The molecule has 0 aliphatic carbocycles. The third kappa shape index (κ3) is 4.96. The Kier molecular flexibility index (Phi) is 7.65. The number of esters is 1. The van der Waals surface area contributed by atoms with Gasteiger partial charge in [0, 0.05) is 0 Å². The van der Waals surface area contributed by atoms with E-state index in [1.807, 2.05) is 39.0 Å². The molecule has 1 aromatic carbocycles. The van der Waals surface area contributed by atoms with Crippen LogP contribution in [0.15, 0.2) is 18.2 Å². The second-order valence-corrected chi connectivity index (χ2v) is 4.67. The van der Waals surface area contributed by atoms with E-state index in [1.54, 1.807) is 0 Å². The SMILES string of the molecule is CCCC(C(=O)OCC)c1ccc(OCC)c(OCC)c1. The molecule has 0 aliphatic rings. The summed E-state index contributed by atoms with van der Waals surface area (Å²) in [4.78, 5) is 12.1. The van der Waals surface area contributed by atoms with Gasteiger partial charge in [0.15, 0.2) is 11.5 Å². The molecule has 0 spiro atoms. The highest BCUT2D eigenvalue weighted by Gasteiger charge is 2.22. The zero-order valence-corrected chi connectivity index (χ0v) is 13.5. The predicted molar refractivity (Wildman–Crippen MR) is 83.1 cm³/mol. The Morgan fingerprint density at radius 2 is 1.67 bits per heavy atom. The number of hydrogen-bond donors (Lipinski definition) is 0. The van der Waals surface area contributed by atoms with Crippen molar-refractivity contribution in [3.63, 3.8) is 0 Å². The molecule has 118 valence electrons. The largest absolute Gasteiger partial charge is 0.490 e. The molecule has 4 nitrogen and oxygen atoms in total. The van der Waals surface area contributed by atoms with Gasteiger partial charge in [-0.15, -0.1) is 0 Å². The van der Waals surface area contributed by atoms with Crippen molar-refractivity contribution in [3.8, 4) is 11.5 Å². The monoisotopic (exact) mass is 294 g/mol. The van der Waals surface area contributed by atoms with Gasteiger partial charge in [0.2, 0.25) is 0 Å². The van der Waals surface area contributed by atoms with Crippen LogP contribution in [0.3, 0.4) is 0 Å². The molecule has 0 aromatic heterocycles. The highest BCUT2D eigenvalue weighted by atomic mass is 16.5. The maximum absolute atomic E-state index is 12.1. The van der Waals surface area contributed by atoms with Gasteiger partial charge < -0.3 is 14.2 Å². The quantitative estimate of drug-likeness (QED) is 0.647. The molecule has 0 amide bonds. The van der Waals surface area contributed by atoms with Crippen LogP contribution >= 0.6 is 0 Å². The van der Waals surface area contributed by atoms with E-state index in [9.17, 15) is 4.79 Å². The summed E-state index contributed by atoms with van der Waals surface area (Å²) in [7, 11) is 0. The van der Waals surface area contributed by atoms with Crippen LogP contribution in [-0.4, -0.2) is 25.8 Å². The molecule has 0 saturated heterocycles. The van der Waals surface area contributed by atoms with Crippen molar-refractivity contribution in [2.24, 2.45) is 0 Å². The van der Waals surface area contributed by atoms with E-state index in [4.69, 9.17) is 14.2 Å². The average molecular weight is 294 g/mol. The van der Waals surface area contributed by atoms with Gasteiger partial charge in [0.05, 0.1) is 25.7 Å². The normalized spacial score (nSPS) is 11.8. The van der Waals surface area contributed by atoms with Crippen LogP contribution in [0.1, 0.15) is 52.0 Å². The number of hydrogen-bond acceptors (Lipinski definition) is 4. The maximum atomic E-state index is 12.1. The number of carbonyl (C=O) groups excluding carboxylic acids is 1. The van der Waals surface area contributed by atoms with Crippen molar-refractivity contribution in [1.29, 1.82) is 0 Å². The first-order valence-electron chi connectivity index (χ1n) is 7.73. The lowest BCUT2D eigenvalue weighted by atomic mass is 9.94. The summed E-state index contributed by atoms with van der Waals surface area (Å²) in [5.41, 5.74) is 0.919. The standard InChI is InChI=1S/C17H26O4/c1-5-9-14(17(18)21-8-4)13-10-11-15(19-6-2)16(12-13)20-7-3/h10-12,14H,5-9H2,1-4H3. The van der Waals surface area contributed by atoms with Gasteiger partial charge in [0.1, 0.15) is 0 Å². The van der Waals surface area contributed by atoms with E-state index in [0.717, 1.165) is 18.4 Å².